The second-order valence-electron chi connectivity index (χ2n) is 5.46. The van der Waals surface area contributed by atoms with Gasteiger partial charge in [0, 0.05) is 23.1 Å². The van der Waals surface area contributed by atoms with Gasteiger partial charge in [0.05, 0.1) is 11.1 Å². The van der Waals surface area contributed by atoms with Crippen LogP contribution in [0.3, 0.4) is 0 Å². The van der Waals surface area contributed by atoms with Crippen molar-refractivity contribution < 1.29 is 0 Å². The Bertz CT molecular complexity index is 597. The van der Waals surface area contributed by atoms with Crippen LogP contribution in [0.4, 0.5) is 0 Å². The van der Waals surface area contributed by atoms with Crippen molar-refractivity contribution in [2.24, 2.45) is 0 Å². The summed E-state index contributed by atoms with van der Waals surface area (Å²) in [6, 6.07) is 0. The molecule has 1 aliphatic carbocycles. The molecule has 0 aromatic carbocycles. The Kier molecular flexibility index (Phi) is 3.61. The normalized spacial score (nSPS) is 17.2. The molecular weight excluding hydrogens is 302 g/mol. The lowest BCUT2D eigenvalue weighted by molar-refractivity contribution is 0.428. The van der Waals surface area contributed by atoms with Crippen molar-refractivity contribution in [2.75, 3.05) is 0 Å². The lowest BCUT2D eigenvalue weighted by atomic mass is 9.88. The minimum Gasteiger partial charge on any atom is -0.332 e. The third-order valence-electron chi connectivity index (χ3n) is 4.18. The zero-order valence-corrected chi connectivity index (χ0v) is 13.2. The number of hydrogen-bond donors (Lipinski definition) is 0. The maximum absolute atomic E-state index is 4.87. The predicted octanol–water partition coefficient (Wildman–Crippen LogP) is 4.57. The highest BCUT2D eigenvalue weighted by molar-refractivity contribution is 9.10. The van der Waals surface area contributed by atoms with Crippen LogP contribution in [-0.2, 0) is 6.54 Å². The molecule has 0 radical (unpaired) electrons. The molecule has 2 heterocycles. The quantitative estimate of drug-likeness (QED) is 0.811. The summed E-state index contributed by atoms with van der Waals surface area (Å²) in [5, 5.41) is 1.17. The topological polar surface area (TPSA) is 30.7 Å². The Morgan fingerprint density at radius 3 is 2.68 bits per heavy atom. The molecule has 0 spiro atoms. The van der Waals surface area contributed by atoms with Crippen molar-refractivity contribution in [3.05, 3.63) is 22.2 Å². The number of fused-ring (bicyclic) bond motifs is 1. The summed E-state index contributed by atoms with van der Waals surface area (Å²) in [5.74, 6) is 1.63. The molecule has 1 fully saturated rings. The van der Waals surface area contributed by atoms with Gasteiger partial charge in [0.25, 0.3) is 0 Å². The van der Waals surface area contributed by atoms with Crippen molar-refractivity contribution >= 4 is 27.0 Å². The number of aromatic nitrogens is 3. The van der Waals surface area contributed by atoms with E-state index < -0.39 is 0 Å². The molecule has 0 N–H and O–H groups in total. The Morgan fingerprint density at radius 2 is 2.00 bits per heavy atom. The van der Waals surface area contributed by atoms with Gasteiger partial charge in [0.2, 0.25) is 0 Å². The minimum absolute atomic E-state index is 0.566. The van der Waals surface area contributed by atoms with E-state index in [4.69, 9.17) is 9.97 Å². The van der Waals surface area contributed by atoms with Crippen LogP contribution >= 0.6 is 15.9 Å². The second-order valence-corrected chi connectivity index (χ2v) is 6.32. The Labute approximate surface area is 122 Å². The average Bonchev–Trinajstić information content (AvgIpc) is 2.76. The van der Waals surface area contributed by atoms with E-state index in [0.717, 1.165) is 28.2 Å². The first-order valence-corrected chi connectivity index (χ1v) is 8.03. The van der Waals surface area contributed by atoms with Crippen molar-refractivity contribution in [3.63, 3.8) is 0 Å². The molecule has 0 aliphatic heterocycles. The molecule has 19 heavy (non-hydrogen) atoms. The van der Waals surface area contributed by atoms with Gasteiger partial charge in [-0.15, -0.1) is 0 Å². The largest absolute Gasteiger partial charge is 0.332 e. The van der Waals surface area contributed by atoms with Crippen molar-refractivity contribution in [3.8, 4) is 0 Å². The molecule has 0 saturated heterocycles. The zero-order chi connectivity index (χ0) is 13.4. The standard InChI is InChI=1S/C15H20BrN3/c1-3-19-9-12(16)13-10(2)17-14(18-15(13)19)11-7-5-4-6-8-11/h9,11H,3-8H2,1-2H3. The summed E-state index contributed by atoms with van der Waals surface area (Å²) in [5.41, 5.74) is 2.19. The Hall–Kier alpha value is -0.900. The first-order valence-electron chi connectivity index (χ1n) is 7.23. The summed E-state index contributed by atoms with van der Waals surface area (Å²) >= 11 is 3.63. The smallest absolute Gasteiger partial charge is 0.145 e. The molecule has 0 unspecified atom stereocenters. The molecule has 1 aliphatic rings. The number of aryl methyl sites for hydroxylation is 2. The Balaban J connectivity index is 2.11. The van der Waals surface area contributed by atoms with Crippen LogP contribution in [0.1, 0.15) is 56.5 Å². The van der Waals surface area contributed by atoms with E-state index >= 15 is 0 Å². The molecule has 0 bridgehead atoms. The van der Waals surface area contributed by atoms with Crippen LogP contribution in [0.15, 0.2) is 10.7 Å². The highest BCUT2D eigenvalue weighted by atomic mass is 79.9. The maximum atomic E-state index is 4.87. The molecule has 3 nitrogen and oxygen atoms in total. The van der Waals surface area contributed by atoms with E-state index in [1.807, 2.05) is 0 Å². The van der Waals surface area contributed by atoms with Gasteiger partial charge in [0.15, 0.2) is 0 Å². The number of rotatable bonds is 2. The van der Waals surface area contributed by atoms with E-state index in [2.05, 4.69) is 40.5 Å². The van der Waals surface area contributed by atoms with E-state index in [1.165, 1.54) is 37.5 Å². The van der Waals surface area contributed by atoms with E-state index in [1.54, 1.807) is 0 Å². The van der Waals surface area contributed by atoms with Crippen LogP contribution < -0.4 is 0 Å². The van der Waals surface area contributed by atoms with E-state index in [9.17, 15) is 0 Å². The fraction of sp³-hybridized carbons (Fsp3) is 0.600. The molecule has 2 aromatic rings. The molecule has 3 rings (SSSR count). The van der Waals surface area contributed by atoms with Gasteiger partial charge in [-0.05, 0) is 42.6 Å². The first kappa shape index (κ1) is 13.1. The lowest BCUT2D eigenvalue weighted by Gasteiger charge is -2.20. The maximum Gasteiger partial charge on any atom is 0.145 e. The Morgan fingerprint density at radius 1 is 1.26 bits per heavy atom. The second kappa shape index (κ2) is 5.23. The van der Waals surface area contributed by atoms with Gasteiger partial charge in [-0.2, -0.15) is 0 Å². The molecule has 2 aromatic heterocycles. The third kappa shape index (κ3) is 2.31. The highest BCUT2D eigenvalue weighted by Gasteiger charge is 2.21. The SMILES string of the molecule is CCn1cc(Br)c2c(C)nc(C3CCCCC3)nc21. The van der Waals surface area contributed by atoms with Gasteiger partial charge in [-0.3, -0.25) is 0 Å². The summed E-state index contributed by atoms with van der Waals surface area (Å²) in [6.45, 7) is 5.20. The molecular formula is C15H20BrN3. The van der Waals surface area contributed by atoms with Crippen LogP contribution in [0.2, 0.25) is 0 Å². The van der Waals surface area contributed by atoms with Crippen molar-refractivity contribution in [1.82, 2.24) is 14.5 Å². The molecule has 102 valence electrons. The zero-order valence-electron chi connectivity index (χ0n) is 11.6. The molecule has 0 amide bonds. The average molecular weight is 322 g/mol. The summed E-state index contributed by atoms with van der Waals surface area (Å²) in [4.78, 5) is 9.65. The molecule has 4 heteroatoms. The van der Waals surface area contributed by atoms with E-state index in [-0.39, 0.29) is 0 Å². The molecule has 0 atom stereocenters. The van der Waals surface area contributed by atoms with Crippen LogP contribution in [0, 0.1) is 6.92 Å². The molecule has 1 saturated carbocycles. The fourth-order valence-electron chi connectivity index (χ4n) is 3.11. The van der Waals surface area contributed by atoms with E-state index in [0.29, 0.717) is 5.92 Å². The van der Waals surface area contributed by atoms with Gasteiger partial charge in [-0.25, -0.2) is 9.97 Å². The predicted molar refractivity (Wildman–Crippen MR) is 81.5 cm³/mol. The lowest BCUT2D eigenvalue weighted by Crippen LogP contribution is -2.10. The number of halogens is 1. The summed E-state index contributed by atoms with van der Waals surface area (Å²) in [7, 11) is 0. The van der Waals surface area contributed by atoms with Crippen LogP contribution in [0.5, 0.6) is 0 Å². The first-order chi connectivity index (χ1) is 9.20. The number of nitrogens with zero attached hydrogens (tertiary/aromatic N) is 3. The van der Waals surface area contributed by atoms with Gasteiger partial charge in [0.1, 0.15) is 11.5 Å². The van der Waals surface area contributed by atoms with Crippen molar-refractivity contribution in [2.45, 2.75) is 58.4 Å². The monoisotopic (exact) mass is 321 g/mol. The number of hydrogen-bond acceptors (Lipinski definition) is 2. The minimum atomic E-state index is 0.566. The third-order valence-corrected chi connectivity index (χ3v) is 4.78. The van der Waals surface area contributed by atoms with Crippen molar-refractivity contribution in [1.29, 1.82) is 0 Å². The van der Waals surface area contributed by atoms with Gasteiger partial charge >= 0.3 is 0 Å². The van der Waals surface area contributed by atoms with Crippen LogP contribution in [-0.4, -0.2) is 14.5 Å². The highest BCUT2D eigenvalue weighted by Crippen LogP contribution is 2.33. The van der Waals surface area contributed by atoms with Gasteiger partial charge < -0.3 is 4.57 Å². The van der Waals surface area contributed by atoms with Crippen LogP contribution in [0.25, 0.3) is 11.0 Å². The summed E-state index contributed by atoms with van der Waals surface area (Å²) < 4.78 is 3.32. The fourth-order valence-corrected chi connectivity index (χ4v) is 3.82. The summed E-state index contributed by atoms with van der Waals surface area (Å²) in [6.07, 6.45) is 8.64. The van der Waals surface area contributed by atoms with Gasteiger partial charge in [-0.1, -0.05) is 19.3 Å².